The Morgan fingerprint density at radius 3 is 2.79 bits per heavy atom. The Kier molecular flexibility index (Phi) is 2.27. The van der Waals surface area contributed by atoms with Gasteiger partial charge in [-0.1, -0.05) is 18.2 Å². The van der Waals surface area contributed by atoms with Crippen LogP contribution >= 0.6 is 0 Å². The number of hydrogen-bond acceptors (Lipinski definition) is 4. The summed E-state index contributed by atoms with van der Waals surface area (Å²) in [5, 5.41) is 3.48. The van der Waals surface area contributed by atoms with Crippen molar-refractivity contribution < 1.29 is 14.2 Å². The van der Waals surface area contributed by atoms with Crippen LogP contribution in [0.5, 0.6) is 17.2 Å². The summed E-state index contributed by atoms with van der Waals surface area (Å²) in [5.41, 5.74) is 2.16. The molecule has 0 saturated carbocycles. The van der Waals surface area contributed by atoms with Gasteiger partial charge in [-0.2, -0.15) is 0 Å². The minimum atomic E-state index is 0.129. The molecule has 0 bridgehead atoms. The van der Waals surface area contributed by atoms with Gasteiger partial charge in [0.1, 0.15) is 12.4 Å². The molecule has 0 aromatic heterocycles. The zero-order valence-electron chi connectivity index (χ0n) is 10.3. The molecule has 2 aromatic carbocycles. The first-order chi connectivity index (χ1) is 9.40. The van der Waals surface area contributed by atoms with Crippen LogP contribution in [0.3, 0.4) is 0 Å². The molecule has 4 heteroatoms. The van der Waals surface area contributed by atoms with Crippen LogP contribution in [-0.2, 0) is 0 Å². The SMILES string of the molecule is c1ccc2c(c1)NC(c1ccc3c(c1)OCO3)CO2. The van der Waals surface area contributed by atoms with Gasteiger partial charge in [0, 0.05) is 0 Å². The van der Waals surface area contributed by atoms with E-state index in [9.17, 15) is 0 Å². The van der Waals surface area contributed by atoms with Crippen molar-refractivity contribution >= 4 is 5.69 Å². The number of anilines is 1. The number of nitrogens with one attached hydrogen (secondary N) is 1. The van der Waals surface area contributed by atoms with Gasteiger partial charge in [0.15, 0.2) is 11.5 Å². The predicted octanol–water partition coefficient (Wildman–Crippen LogP) is 2.96. The topological polar surface area (TPSA) is 39.7 Å². The fourth-order valence-corrected chi connectivity index (χ4v) is 2.42. The zero-order chi connectivity index (χ0) is 12.7. The number of benzene rings is 2. The lowest BCUT2D eigenvalue weighted by Crippen LogP contribution is -2.23. The van der Waals surface area contributed by atoms with E-state index in [0.717, 1.165) is 28.5 Å². The lowest BCUT2D eigenvalue weighted by molar-refractivity contribution is 0.174. The van der Waals surface area contributed by atoms with Crippen LogP contribution in [0, 0.1) is 0 Å². The first-order valence-electron chi connectivity index (χ1n) is 6.28. The average Bonchev–Trinajstić information content (AvgIpc) is 2.94. The summed E-state index contributed by atoms with van der Waals surface area (Å²) >= 11 is 0. The summed E-state index contributed by atoms with van der Waals surface area (Å²) in [6.45, 7) is 0.910. The summed E-state index contributed by atoms with van der Waals surface area (Å²) < 4.78 is 16.5. The standard InChI is InChI=1S/C15H13NO3/c1-2-4-13-11(3-1)16-12(8-17-13)10-5-6-14-15(7-10)19-9-18-14/h1-7,12,16H,8-9H2. The first-order valence-corrected chi connectivity index (χ1v) is 6.28. The Hall–Kier alpha value is -2.36. The smallest absolute Gasteiger partial charge is 0.231 e. The van der Waals surface area contributed by atoms with Crippen molar-refractivity contribution in [3.8, 4) is 17.2 Å². The largest absolute Gasteiger partial charge is 0.489 e. The summed E-state index contributed by atoms with van der Waals surface area (Å²) in [6.07, 6.45) is 0. The highest BCUT2D eigenvalue weighted by atomic mass is 16.7. The molecule has 19 heavy (non-hydrogen) atoms. The highest BCUT2D eigenvalue weighted by molar-refractivity contribution is 5.59. The number of hydrogen-bond donors (Lipinski definition) is 1. The second kappa shape index (κ2) is 4.09. The van der Waals surface area contributed by atoms with Crippen molar-refractivity contribution in [2.45, 2.75) is 6.04 Å². The maximum absolute atomic E-state index is 5.78. The van der Waals surface area contributed by atoms with Gasteiger partial charge in [-0.15, -0.1) is 0 Å². The molecule has 1 atom stereocenters. The monoisotopic (exact) mass is 255 g/mol. The van der Waals surface area contributed by atoms with E-state index >= 15 is 0 Å². The van der Waals surface area contributed by atoms with Crippen LogP contribution in [0.4, 0.5) is 5.69 Å². The molecule has 2 aliphatic rings. The Bertz CT molecular complexity index is 627. The van der Waals surface area contributed by atoms with Crippen molar-refractivity contribution in [1.82, 2.24) is 0 Å². The van der Waals surface area contributed by atoms with Crippen LogP contribution in [0.25, 0.3) is 0 Å². The Labute approximate surface area is 110 Å². The summed E-state index contributed by atoms with van der Waals surface area (Å²) in [6, 6.07) is 14.1. The van der Waals surface area contributed by atoms with Crippen molar-refractivity contribution in [2.24, 2.45) is 0 Å². The minimum absolute atomic E-state index is 0.129. The van der Waals surface area contributed by atoms with E-state index in [1.807, 2.05) is 42.5 Å². The molecular formula is C15H13NO3. The van der Waals surface area contributed by atoms with E-state index in [1.54, 1.807) is 0 Å². The highest BCUT2D eigenvalue weighted by Crippen LogP contribution is 2.37. The van der Waals surface area contributed by atoms with Gasteiger partial charge in [0.05, 0.1) is 11.7 Å². The number of ether oxygens (including phenoxy) is 3. The van der Waals surface area contributed by atoms with E-state index in [0.29, 0.717) is 13.4 Å². The molecule has 2 aromatic rings. The molecule has 0 radical (unpaired) electrons. The van der Waals surface area contributed by atoms with E-state index in [2.05, 4.69) is 5.32 Å². The molecule has 0 fully saturated rings. The Morgan fingerprint density at radius 1 is 0.895 bits per heavy atom. The average molecular weight is 255 g/mol. The molecule has 2 aliphatic heterocycles. The van der Waals surface area contributed by atoms with Gasteiger partial charge in [0.25, 0.3) is 0 Å². The Balaban J connectivity index is 1.64. The third kappa shape index (κ3) is 1.76. The number of rotatable bonds is 1. The van der Waals surface area contributed by atoms with Crippen LogP contribution in [0.2, 0.25) is 0 Å². The second-order valence-electron chi connectivity index (χ2n) is 4.62. The van der Waals surface area contributed by atoms with Gasteiger partial charge < -0.3 is 19.5 Å². The highest BCUT2D eigenvalue weighted by Gasteiger charge is 2.22. The third-order valence-corrected chi connectivity index (χ3v) is 3.42. The summed E-state index contributed by atoms with van der Waals surface area (Å²) in [4.78, 5) is 0. The maximum Gasteiger partial charge on any atom is 0.231 e. The lowest BCUT2D eigenvalue weighted by atomic mass is 10.1. The fraction of sp³-hybridized carbons (Fsp3) is 0.200. The van der Waals surface area contributed by atoms with Crippen LogP contribution in [-0.4, -0.2) is 13.4 Å². The summed E-state index contributed by atoms with van der Waals surface area (Å²) in [7, 11) is 0. The van der Waals surface area contributed by atoms with Crippen molar-refractivity contribution in [2.75, 3.05) is 18.7 Å². The molecule has 1 unspecified atom stereocenters. The van der Waals surface area contributed by atoms with Crippen LogP contribution in [0.15, 0.2) is 42.5 Å². The second-order valence-corrected chi connectivity index (χ2v) is 4.62. The quantitative estimate of drug-likeness (QED) is 0.850. The normalized spacial score (nSPS) is 19.3. The molecule has 1 N–H and O–H groups in total. The minimum Gasteiger partial charge on any atom is -0.489 e. The third-order valence-electron chi connectivity index (χ3n) is 3.42. The first kappa shape index (κ1) is 10.6. The van der Waals surface area contributed by atoms with E-state index in [1.165, 1.54) is 0 Å². The van der Waals surface area contributed by atoms with Gasteiger partial charge in [-0.25, -0.2) is 0 Å². The molecule has 4 rings (SSSR count). The Morgan fingerprint density at radius 2 is 1.79 bits per heavy atom. The number of fused-ring (bicyclic) bond motifs is 2. The lowest BCUT2D eigenvalue weighted by Gasteiger charge is -2.27. The van der Waals surface area contributed by atoms with Crippen LogP contribution < -0.4 is 19.5 Å². The molecule has 0 amide bonds. The summed E-state index contributed by atoms with van der Waals surface area (Å²) in [5.74, 6) is 2.51. The van der Waals surface area contributed by atoms with Crippen molar-refractivity contribution in [3.05, 3.63) is 48.0 Å². The molecule has 2 heterocycles. The number of para-hydroxylation sites is 2. The fourth-order valence-electron chi connectivity index (χ4n) is 2.42. The molecule has 0 saturated heterocycles. The zero-order valence-corrected chi connectivity index (χ0v) is 10.3. The van der Waals surface area contributed by atoms with E-state index < -0.39 is 0 Å². The molecular weight excluding hydrogens is 242 g/mol. The molecule has 0 aliphatic carbocycles. The van der Waals surface area contributed by atoms with E-state index in [4.69, 9.17) is 14.2 Å². The predicted molar refractivity (Wildman–Crippen MR) is 70.9 cm³/mol. The molecule has 96 valence electrons. The van der Waals surface area contributed by atoms with Crippen molar-refractivity contribution in [1.29, 1.82) is 0 Å². The van der Waals surface area contributed by atoms with Gasteiger partial charge in [-0.05, 0) is 29.8 Å². The van der Waals surface area contributed by atoms with Gasteiger partial charge in [0.2, 0.25) is 6.79 Å². The van der Waals surface area contributed by atoms with E-state index in [-0.39, 0.29) is 6.04 Å². The van der Waals surface area contributed by atoms with Crippen LogP contribution in [0.1, 0.15) is 11.6 Å². The maximum atomic E-state index is 5.78. The van der Waals surface area contributed by atoms with Gasteiger partial charge in [-0.3, -0.25) is 0 Å². The van der Waals surface area contributed by atoms with Crippen molar-refractivity contribution in [3.63, 3.8) is 0 Å². The van der Waals surface area contributed by atoms with Gasteiger partial charge >= 0.3 is 0 Å². The molecule has 0 spiro atoms. The molecule has 4 nitrogen and oxygen atoms in total.